The van der Waals surface area contributed by atoms with Gasteiger partial charge in [0.1, 0.15) is 5.82 Å². The first-order chi connectivity index (χ1) is 18.4. The van der Waals surface area contributed by atoms with Gasteiger partial charge in [-0.1, -0.05) is 53.7 Å². The molecule has 0 bridgehead atoms. The molecule has 198 valence electrons. The molecule has 0 spiro atoms. The first-order valence-corrected chi connectivity index (χ1v) is 14.3. The highest BCUT2D eigenvalue weighted by atomic mass is 35.5. The minimum absolute atomic E-state index is 0.103. The minimum Gasteiger partial charge on any atom is -0.324 e. The third-order valence-electron chi connectivity index (χ3n) is 7.12. The van der Waals surface area contributed by atoms with Gasteiger partial charge in [-0.15, -0.1) is 0 Å². The lowest BCUT2D eigenvalue weighted by atomic mass is 9.96. The van der Waals surface area contributed by atoms with Gasteiger partial charge in [-0.2, -0.15) is 0 Å². The molecule has 8 heteroatoms. The van der Waals surface area contributed by atoms with Gasteiger partial charge >= 0.3 is 0 Å². The van der Waals surface area contributed by atoms with Crippen molar-refractivity contribution < 1.29 is 9.18 Å². The standard InChI is InChI=1S/C30H32ClFN4OS/c1-20-7-12-26(25(31)17-20)33-29(37)21(2)38-30-34-27-5-3-4-6-28(27)36(30)19-23-13-15-35(16-14-23)18-22-8-10-24(32)11-9-22/h3-12,17,21,23H,13-16,18-19H2,1-2H3,(H,33,37). The molecule has 4 aromatic rings. The third kappa shape index (κ3) is 6.40. The summed E-state index contributed by atoms with van der Waals surface area (Å²) in [6.45, 7) is 7.60. The van der Waals surface area contributed by atoms with Crippen molar-refractivity contribution in [3.05, 3.63) is 88.7 Å². The number of benzene rings is 3. The summed E-state index contributed by atoms with van der Waals surface area (Å²) >= 11 is 7.81. The highest BCUT2D eigenvalue weighted by Crippen LogP contribution is 2.31. The van der Waals surface area contributed by atoms with Crippen LogP contribution in [0.2, 0.25) is 5.02 Å². The van der Waals surface area contributed by atoms with Crippen LogP contribution in [0.15, 0.2) is 71.9 Å². The van der Waals surface area contributed by atoms with E-state index in [1.54, 1.807) is 0 Å². The number of imidazole rings is 1. The highest BCUT2D eigenvalue weighted by molar-refractivity contribution is 8.00. The molecule has 1 fully saturated rings. The minimum atomic E-state index is -0.347. The molecule has 0 aliphatic carbocycles. The molecule has 1 aliphatic rings. The average molecular weight is 551 g/mol. The zero-order valence-corrected chi connectivity index (χ0v) is 23.2. The summed E-state index contributed by atoms with van der Waals surface area (Å²) in [5, 5.41) is 4.01. The number of aromatic nitrogens is 2. The smallest absolute Gasteiger partial charge is 0.237 e. The highest BCUT2D eigenvalue weighted by Gasteiger charge is 2.24. The quantitative estimate of drug-likeness (QED) is 0.236. The van der Waals surface area contributed by atoms with E-state index >= 15 is 0 Å². The second-order valence-corrected chi connectivity index (χ2v) is 11.8. The molecule has 38 heavy (non-hydrogen) atoms. The Morgan fingerprint density at radius 1 is 1.13 bits per heavy atom. The molecule has 0 radical (unpaired) electrons. The number of nitrogens with zero attached hydrogens (tertiary/aromatic N) is 3. The molecule has 3 aromatic carbocycles. The predicted molar refractivity (Wildman–Crippen MR) is 154 cm³/mol. The molecule has 1 atom stereocenters. The van der Waals surface area contributed by atoms with Crippen molar-refractivity contribution in [1.29, 1.82) is 0 Å². The SMILES string of the molecule is Cc1ccc(NC(=O)C(C)Sc2nc3ccccc3n2CC2CCN(Cc3ccc(F)cc3)CC2)c(Cl)c1. The molecule has 0 saturated carbocycles. The molecule has 5 rings (SSSR count). The number of aryl methyl sites for hydroxylation is 1. The van der Waals surface area contributed by atoms with E-state index in [1.807, 2.05) is 62.4 Å². The van der Waals surface area contributed by atoms with Gasteiger partial charge in [-0.05, 0) is 93.2 Å². The normalized spacial score (nSPS) is 15.6. The summed E-state index contributed by atoms with van der Waals surface area (Å²) in [5.74, 6) is 0.222. The second kappa shape index (κ2) is 11.9. The number of fused-ring (bicyclic) bond motifs is 1. The average Bonchev–Trinajstić information content (AvgIpc) is 3.24. The summed E-state index contributed by atoms with van der Waals surface area (Å²) in [5.41, 5.74) is 4.85. The number of carbonyl (C=O) groups is 1. The number of nitrogens with one attached hydrogen (secondary N) is 1. The van der Waals surface area contributed by atoms with E-state index in [4.69, 9.17) is 16.6 Å². The Labute approximate surface area is 232 Å². The number of hydrogen-bond acceptors (Lipinski definition) is 4. The van der Waals surface area contributed by atoms with Crippen LogP contribution in [-0.4, -0.2) is 38.7 Å². The maximum absolute atomic E-state index is 13.2. The maximum Gasteiger partial charge on any atom is 0.237 e. The fourth-order valence-corrected chi connectivity index (χ4v) is 6.14. The van der Waals surface area contributed by atoms with Crippen LogP contribution in [0.5, 0.6) is 0 Å². The monoisotopic (exact) mass is 550 g/mol. The molecule has 5 nitrogen and oxygen atoms in total. The number of amides is 1. The van der Waals surface area contributed by atoms with Crippen LogP contribution in [0.25, 0.3) is 11.0 Å². The Bertz CT molecular complexity index is 1420. The van der Waals surface area contributed by atoms with Gasteiger partial charge in [0.15, 0.2) is 5.16 Å². The van der Waals surface area contributed by atoms with Crippen molar-refractivity contribution >= 4 is 46.0 Å². The van der Waals surface area contributed by atoms with Crippen LogP contribution in [0.4, 0.5) is 10.1 Å². The van der Waals surface area contributed by atoms with E-state index in [9.17, 15) is 9.18 Å². The zero-order chi connectivity index (χ0) is 26.6. The summed E-state index contributed by atoms with van der Waals surface area (Å²) < 4.78 is 15.5. The number of likely N-dealkylation sites (tertiary alicyclic amines) is 1. The predicted octanol–water partition coefficient (Wildman–Crippen LogP) is 7.17. The molecule has 1 N–H and O–H groups in total. The second-order valence-electron chi connectivity index (χ2n) is 10.1. The van der Waals surface area contributed by atoms with Crippen LogP contribution >= 0.6 is 23.4 Å². The number of anilines is 1. The molecule has 1 amide bonds. The first kappa shape index (κ1) is 26.7. The van der Waals surface area contributed by atoms with Crippen molar-refractivity contribution in [1.82, 2.24) is 14.5 Å². The van der Waals surface area contributed by atoms with Gasteiger partial charge in [0, 0.05) is 13.1 Å². The summed E-state index contributed by atoms with van der Waals surface area (Å²) in [4.78, 5) is 20.4. The number of hydrogen-bond donors (Lipinski definition) is 1. The lowest BCUT2D eigenvalue weighted by Crippen LogP contribution is -2.34. The summed E-state index contributed by atoms with van der Waals surface area (Å²) in [6.07, 6.45) is 2.17. The number of piperidine rings is 1. The summed E-state index contributed by atoms with van der Waals surface area (Å²) in [6, 6.07) is 20.6. The van der Waals surface area contributed by atoms with Crippen LogP contribution in [-0.2, 0) is 17.9 Å². The summed E-state index contributed by atoms with van der Waals surface area (Å²) in [7, 11) is 0. The van der Waals surface area contributed by atoms with Gasteiger partial charge in [0.25, 0.3) is 0 Å². The van der Waals surface area contributed by atoms with Crippen molar-refractivity contribution in [2.45, 2.75) is 50.2 Å². The van der Waals surface area contributed by atoms with Crippen LogP contribution in [0.1, 0.15) is 30.9 Å². The van der Waals surface area contributed by atoms with E-state index in [0.29, 0.717) is 16.6 Å². The van der Waals surface area contributed by atoms with Crippen LogP contribution in [0.3, 0.4) is 0 Å². The van der Waals surface area contributed by atoms with E-state index in [-0.39, 0.29) is 17.0 Å². The lowest BCUT2D eigenvalue weighted by molar-refractivity contribution is -0.115. The maximum atomic E-state index is 13.2. The Morgan fingerprint density at radius 3 is 2.61 bits per heavy atom. The molecule has 2 heterocycles. The van der Waals surface area contributed by atoms with Crippen molar-refractivity contribution in [3.8, 4) is 0 Å². The largest absolute Gasteiger partial charge is 0.324 e. The fraction of sp³-hybridized carbons (Fsp3) is 0.333. The molecule has 1 saturated heterocycles. The van der Waals surface area contributed by atoms with E-state index in [2.05, 4.69) is 20.9 Å². The third-order valence-corrected chi connectivity index (χ3v) is 8.52. The Balaban J connectivity index is 1.25. The molecule has 1 aromatic heterocycles. The van der Waals surface area contributed by atoms with Gasteiger partial charge < -0.3 is 9.88 Å². The van der Waals surface area contributed by atoms with Crippen LogP contribution in [0, 0.1) is 18.7 Å². The van der Waals surface area contributed by atoms with E-state index in [0.717, 1.165) is 66.3 Å². The number of carbonyl (C=O) groups excluding carboxylic acids is 1. The number of rotatable bonds is 8. The Hall–Kier alpha value is -2.87. The lowest BCUT2D eigenvalue weighted by Gasteiger charge is -2.32. The Morgan fingerprint density at radius 2 is 1.87 bits per heavy atom. The van der Waals surface area contributed by atoms with Crippen molar-refractivity contribution in [2.75, 3.05) is 18.4 Å². The fourth-order valence-electron chi connectivity index (χ4n) is 4.92. The topological polar surface area (TPSA) is 50.2 Å². The Kier molecular flexibility index (Phi) is 8.36. The van der Waals surface area contributed by atoms with Gasteiger partial charge in [-0.3, -0.25) is 9.69 Å². The van der Waals surface area contributed by atoms with E-state index in [1.165, 1.54) is 23.9 Å². The number of thioether (sulfide) groups is 1. The van der Waals surface area contributed by atoms with Gasteiger partial charge in [-0.25, -0.2) is 9.37 Å². The van der Waals surface area contributed by atoms with Crippen LogP contribution < -0.4 is 5.32 Å². The molecule has 1 aliphatic heterocycles. The zero-order valence-electron chi connectivity index (χ0n) is 21.7. The van der Waals surface area contributed by atoms with Crippen molar-refractivity contribution in [3.63, 3.8) is 0 Å². The van der Waals surface area contributed by atoms with Crippen molar-refractivity contribution in [2.24, 2.45) is 5.92 Å². The number of para-hydroxylation sites is 2. The number of halogens is 2. The van der Waals surface area contributed by atoms with Gasteiger partial charge in [0.2, 0.25) is 5.91 Å². The van der Waals surface area contributed by atoms with Gasteiger partial charge in [0.05, 0.1) is 27.0 Å². The molecule has 1 unspecified atom stereocenters. The molecular formula is C30H32ClFN4OS. The molecular weight excluding hydrogens is 519 g/mol. The van der Waals surface area contributed by atoms with E-state index < -0.39 is 0 Å². The first-order valence-electron chi connectivity index (χ1n) is 13.0.